The van der Waals surface area contributed by atoms with Crippen LogP contribution in [0, 0.1) is 0 Å². The Labute approximate surface area is 176 Å². The number of aromatic hydroxyl groups is 1. The van der Waals surface area contributed by atoms with Crippen LogP contribution in [0.3, 0.4) is 0 Å². The number of carbonyl (C=O) groups excluding carboxylic acids is 2. The molecule has 3 aromatic carbocycles. The van der Waals surface area contributed by atoms with Crippen molar-refractivity contribution in [3.05, 3.63) is 70.2 Å². The van der Waals surface area contributed by atoms with Gasteiger partial charge in [0.25, 0.3) is 5.91 Å². The number of hydrazone groups is 1. The van der Waals surface area contributed by atoms with E-state index in [9.17, 15) is 14.7 Å². The molecular formula is C20H16Cl2N4O3. The minimum atomic E-state index is -0.589. The second-order valence-corrected chi connectivity index (χ2v) is 6.76. The van der Waals surface area contributed by atoms with Gasteiger partial charge in [0.2, 0.25) is 0 Å². The lowest BCUT2D eigenvalue weighted by Crippen LogP contribution is -2.37. The SMILES string of the molecule is O=C(CNC(=O)Nc1ccc(Cl)c(Cl)c1)N/N=C\c1c(O)ccc2ccccc12. The lowest BCUT2D eigenvalue weighted by Gasteiger charge is -2.08. The predicted molar refractivity (Wildman–Crippen MR) is 115 cm³/mol. The number of nitrogens with zero attached hydrogens (tertiary/aromatic N) is 1. The van der Waals surface area contributed by atoms with Gasteiger partial charge in [-0.15, -0.1) is 0 Å². The number of phenolic OH excluding ortho intramolecular Hbond substituents is 1. The molecule has 3 aromatic rings. The molecule has 0 fully saturated rings. The minimum absolute atomic E-state index is 0.0424. The maximum absolute atomic E-state index is 11.9. The first-order valence-electron chi connectivity index (χ1n) is 8.46. The molecule has 0 saturated carbocycles. The summed E-state index contributed by atoms with van der Waals surface area (Å²) in [6.45, 7) is -0.300. The van der Waals surface area contributed by atoms with Crippen molar-refractivity contribution in [3.8, 4) is 5.75 Å². The van der Waals surface area contributed by atoms with Crippen LogP contribution in [0.5, 0.6) is 5.75 Å². The van der Waals surface area contributed by atoms with Gasteiger partial charge in [-0.2, -0.15) is 5.10 Å². The van der Waals surface area contributed by atoms with Gasteiger partial charge < -0.3 is 15.7 Å². The number of urea groups is 1. The number of hydrogen-bond donors (Lipinski definition) is 4. The molecule has 0 aliphatic heterocycles. The highest BCUT2D eigenvalue weighted by Crippen LogP contribution is 2.26. The lowest BCUT2D eigenvalue weighted by atomic mass is 10.0. The highest BCUT2D eigenvalue weighted by atomic mass is 35.5. The van der Waals surface area contributed by atoms with E-state index in [4.69, 9.17) is 23.2 Å². The first-order chi connectivity index (χ1) is 13.9. The summed E-state index contributed by atoms with van der Waals surface area (Å²) in [6, 6.07) is 14.8. The van der Waals surface area contributed by atoms with Gasteiger partial charge in [0, 0.05) is 11.3 Å². The van der Waals surface area contributed by atoms with Gasteiger partial charge in [-0.3, -0.25) is 4.79 Å². The summed E-state index contributed by atoms with van der Waals surface area (Å²) < 4.78 is 0. The maximum atomic E-state index is 11.9. The molecule has 0 bridgehead atoms. The summed E-state index contributed by atoms with van der Waals surface area (Å²) in [5.41, 5.74) is 3.21. The molecule has 3 amide bonds. The fourth-order valence-electron chi connectivity index (χ4n) is 2.54. The minimum Gasteiger partial charge on any atom is -0.507 e. The smallest absolute Gasteiger partial charge is 0.319 e. The van der Waals surface area contributed by atoms with E-state index in [0.29, 0.717) is 21.3 Å². The van der Waals surface area contributed by atoms with Crippen LogP contribution in [0.25, 0.3) is 10.8 Å². The van der Waals surface area contributed by atoms with Crippen LogP contribution < -0.4 is 16.1 Å². The zero-order chi connectivity index (χ0) is 20.8. The van der Waals surface area contributed by atoms with Gasteiger partial charge in [-0.1, -0.05) is 53.5 Å². The Morgan fingerprint density at radius 2 is 1.83 bits per heavy atom. The summed E-state index contributed by atoms with van der Waals surface area (Å²) in [7, 11) is 0. The van der Waals surface area contributed by atoms with Crippen LogP contribution in [0.15, 0.2) is 59.7 Å². The largest absolute Gasteiger partial charge is 0.507 e. The van der Waals surface area contributed by atoms with Crippen LogP contribution in [0.1, 0.15) is 5.56 Å². The third kappa shape index (κ3) is 5.37. The average Bonchev–Trinajstić information content (AvgIpc) is 2.71. The van der Waals surface area contributed by atoms with Gasteiger partial charge in [0.1, 0.15) is 12.3 Å². The third-order valence-electron chi connectivity index (χ3n) is 3.92. The van der Waals surface area contributed by atoms with Crippen LogP contribution in [-0.2, 0) is 4.79 Å². The number of nitrogens with one attached hydrogen (secondary N) is 3. The molecule has 0 aliphatic rings. The second-order valence-electron chi connectivity index (χ2n) is 5.95. The van der Waals surface area contributed by atoms with E-state index >= 15 is 0 Å². The zero-order valence-electron chi connectivity index (χ0n) is 14.9. The molecular weight excluding hydrogens is 415 g/mol. The Balaban J connectivity index is 1.53. The highest BCUT2D eigenvalue weighted by molar-refractivity contribution is 6.42. The fraction of sp³-hybridized carbons (Fsp3) is 0.0500. The van der Waals surface area contributed by atoms with Crippen molar-refractivity contribution in [1.29, 1.82) is 0 Å². The van der Waals surface area contributed by atoms with E-state index < -0.39 is 11.9 Å². The van der Waals surface area contributed by atoms with Crippen molar-refractivity contribution >= 4 is 57.8 Å². The standard InChI is InChI=1S/C20H16Cl2N4O3/c21-16-7-6-13(9-17(16)22)25-20(29)23-11-19(28)26-24-10-15-14-4-2-1-3-12(14)5-8-18(15)27/h1-10,27H,11H2,(H,26,28)(H2,23,25,29)/b24-10-. The molecule has 3 rings (SSSR count). The number of hydrogen-bond acceptors (Lipinski definition) is 4. The molecule has 0 saturated heterocycles. The summed E-state index contributed by atoms with van der Waals surface area (Å²) in [5.74, 6) is -0.494. The van der Waals surface area contributed by atoms with E-state index in [1.807, 2.05) is 24.3 Å². The topological polar surface area (TPSA) is 103 Å². The third-order valence-corrected chi connectivity index (χ3v) is 4.66. The summed E-state index contributed by atoms with van der Waals surface area (Å²) in [5, 5.41) is 21.2. The average molecular weight is 431 g/mol. The maximum Gasteiger partial charge on any atom is 0.319 e. The number of fused-ring (bicyclic) bond motifs is 1. The van der Waals surface area contributed by atoms with Crippen LogP contribution in [0.2, 0.25) is 10.0 Å². The zero-order valence-corrected chi connectivity index (χ0v) is 16.5. The van der Waals surface area contributed by atoms with Gasteiger partial charge >= 0.3 is 6.03 Å². The van der Waals surface area contributed by atoms with Crippen molar-refractivity contribution in [2.45, 2.75) is 0 Å². The normalized spacial score (nSPS) is 10.8. The molecule has 0 atom stereocenters. The molecule has 0 heterocycles. The quantitative estimate of drug-likeness (QED) is 0.361. The Kier molecular flexibility index (Phi) is 6.54. The van der Waals surface area contributed by atoms with Crippen molar-refractivity contribution in [1.82, 2.24) is 10.7 Å². The Morgan fingerprint density at radius 1 is 1.03 bits per heavy atom. The molecule has 4 N–H and O–H groups in total. The molecule has 9 heteroatoms. The van der Waals surface area contributed by atoms with Crippen molar-refractivity contribution in [2.75, 3.05) is 11.9 Å². The number of benzene rings is 3. The molecule has 0 aliphatic carbocycles. The molecule has 0 radical (unpaired) electrons. The molecule has 0 aromatic heterocycles. The summed E-state index contributed by atoms with van der Waals surface area (Å²) in [6.07, 6.45) is 1.35. The number of halogens is 2. The second kappa shape index (κ2) is 9.27. The van der Waals surface area contributed by atoms with E-state index in [-0.39, 0.29) is 12.3 Å². The number of rotatable bonds is 5. The first kappa shape index (κ1) is 20.4. The Morgan fingerprint density at radius 3 is 2.62 bits per heavy atom. The lowest BCUT2D eigenvalue weighted by molar-refractivity contribution is -0.120. The van der Waals surface area contributed by atoms with Crippen LogP contribution >= 0.6 is 23.2 Å². The van der Waals surface area contributed by atoms with Gasteiger partial charge in [-0.05, 0) is 35.0 Å². The molecule has 148 valence electrons. The molecule has 0 unspecified atom stereocenters. The number of phenols is 1. The number of anilines is 1. The molecule has 0 spiro atoms. The first-order valence-corrected chi connectivity index (χ1v) is 9.22. The summed E-state index contributed by atoms with van der Waals surface area (Å²) in [4.78, 5) is 23.7. The van der Waals surface area contributed by atoms with E-state index in [1.54, 1.807) is 24.3 Å². The molecule has 7 nitrogen and oxygen atoms in total. The highest BCUT2D eigenvalue weighted by Gasteiger charge is 2.07. The van der Waals surface area contributed by atoms with E-state index in [1.165, 1.54) is 12.3 Å². The van der Waals surface area contributed by atoms with Gasteiger partial charge in [-0.25, -0.2) is 10.2 Å². The van der Waals surface area contributed by atoms with E-state index in [0.717, 1.165) is 10.8 Å². The summed E-state index contributed by atoms with van der Waals surface area (Å²) >= 11 is 11.7. The number of amides is 3. The van der Waals surface area contributed by atoms with Crippen LogP contribution in [-0.4, -0.2) is 29.8 Å². The monoisotopic (exact) mass is 430 g/mol. The Bertz CT molecular complexity index is 1100. The predicted octanol–water partition coefficient (Wildman–Crippen LogP) is 4.12. The number of carbonyl (C=O) groups is 2. The van der Waals surface area contributed by atoms with Gasteiger partial charge in [0.05, 0.1) is 16.3 Å². The Hall–Kier alpha value is -3.29. The van der Waals surface area contributed by atoms with E-state index in [2.05, 4.69) is 21.2 Å². The van der Waals surface area contributed by atoms with Crippen molar-refractivity contribution in [3.63, 3.8) is 0 Å². The van der Waals surface area contributed by atoms with Crippen LogP contribution in [0.4, 0.5) is 10.5 Å². The van der Waals surface area contributed by atoms with Crippen molar-refractivity contribution in [2.24, 2.45) is 5.10 Å². The van der Waals surface area contributed by atoms with Crippen molar-refractivity contribution < 1.29 is 14.7 Å². The molecule has 29 heavy (non-hydrogen) atoms. The fourth-order valence-corrected chi connectivity index (χ4v) is 2.84. The van der Waals surface area contributed by atoms with Gasteiger partial charge in [0.15, 0.2) is 0 Å².